The summed E-state index contributed by atoms with van der Waals surface area (Å²) in [4.78, 5) is 15.5. The molecule has 0 amide bonds. The zero-order chi connectivity index (χ0) is 14.5. The molecule has 0 saturated carbocycles. The van der Waals surface area contributed by atoms with Crippen molar-refractivity contribution in [3.63, 3.8) is 0 Å². The topological polar surface area (TPSA) is 44.1 Å². The second-order valence-electron chi connectivity index (χ2n) is 4.25. The van der Waals surface area contributed by atoms with Gasteiger partial charge in [0.2, 0.25) is 0 Å². The second kappa shape index (κ2) is 6.77. The van der Waals surface area contributed by atoms with Crippen LogP contribution in [0.1, 0.15) is 18.2 Å². The molecule has 1 aromatic carbocycles. The lowest BCUT2D eigenvalue weighted by Crippen LogP contribution is -2.07. The Kier molecular flexibility index (Phi) is 5.04. The van der Waals surface area contributed by atoms with Crippen molar-refractivity contribution in [1.29, 1.82) is 0 Å². The molecule has 0 N–H and O–H groups in total. The first-order valence-electron chi connectivity index (χ1n) is 6.18. The number of carbonyl (C=O) groups is 1. The summed E-state index contributed by atoms with van der Waals surface area (Å²) in [6.07, 6.45) is 3.65. The van der Waals surface area contributed by atoms with Crippen LogP contribution in [0.3, 0.4) is 0 Å². The zero-order valence-electron chi connectivity index (χ0n) is 11.0. The van der Waals surface area contributed by atoms with E-state index in [1.54, 1.807) is 25.4 Å². The highest BCUT2D eigenvalue weighted by molar-refractivity contribution is 6.35. The van der Waals surface area contributed by atoms with Gasteiger partial charge < -0.3 is 9.30 Å². The summed E-state index contributed by atoms with van der Waals surface area (Å²) >= 11 is 12.0. The first-order valence-corrected chi connectivity index (χ1v) is 6.94. The molecule has 2 aromatic rings. The molecule has 0 aliphatic carbocycles. The Morgan fingerprint density at radius 2 is 2.20 bits per heavy atom. The largest absolute Gasteiger partial charge is 0.466 e. The zero-order valence-corrected chi connectivity index (χ0v) is 12.5. The number of ether oxygens (including phenoxy) is 1. The predicted molar refractivity (Wildman–Crippen MR) is 78.1 cm³/mol. The number of hydrogen-bond donors (Lipinski definition) is 0. The number of benzene rings is 1. The lowest BCUT2D eigenvalue weighted by molar-refractivity contribution is -0.142. The molecule has 6 heteroatoms. The van der Waals surface area contributed by atoms with Gasteiger partial charge in [-0.2, -0.15) is 0 Å². The fourth-order valence-corrected chi connectivity index (χ4v) is 2.26. The van der Waals surface area contributed by atoms with E-state index in [0.29, 0.717) is 28.9 Å². The van der Waals surface area contributed by atoms with Crippen molar-refractivity contribution >= 4 is 29.2 Å². The maximum absolute atomic E-state index is 11.4. The van der Waals surface area contributed by atoms with Crippen LogP contribution in [0.15, 0.2) is 30.7 Å². The van der Waals surface area contributed by atoms with Crippen LogP contribution >= 0.6 is 23.2 Å². The van der Waals surface area contributed by atoms with Crippen LogP contribution < -0.4 is 0 Å². The van der Waals surface area contributed by atoms with Crippen LogP contribution in [0, 0.1) is 0 Å². The van der Waals surface area contributed by atoms with E-state index in [1.165, 1.54) is 0 Å². The molecule has 106 valence electrons. The normalized spacial score (nSPS) is 10.6. The van der Waals surface area contributed by atoms with Crippen molar-refractivity contribution in [2.45, 2.75) is 19.9 Å². The molecule has 0 saturated heterocycles. The Morgan fingerprint density at radius 3 is 2.90 bits per heavy atom. The number of nitrogens with zero attached hydrogens (tertiary/aromatic N) is 2. The average Bonchev–Trinajstić information content (AvgIpc) is 2.80. The molecule has 1 aromatic heterocycles. The Hall–Kier alpha value is -1.52. The Labute approximate surface area is 127 Å². The fourth-order valence-electron chi connectivity index (χ4n) is 1.79. The number of aromatic nitrogens is 2. The van der Waals surface area contributed by atoms with Crippen molar-refractivity contribution in [2.75, 3.05) is 6.61 Å². The van der Waals surface area contributed by atoms with Gasteiger partial charge >= 0.3 is 5.97 Å². The SMILES string of the molecule is CCOC(=O)Cc1cn(Cc2ccc(Cl)cc2Cl)cn1. The van der Waals surface area contributed by atoms with Crippen molar-refractivity contribution < 1.29 is 9.53 Å². The molecule has 0 fully saturated rings. The summed E-state index contributed by atoms with van der Waals surface area (Å²) < 4.78 is 6.75. The predicted octanol–water partition coefficient (Wildman–Crippen LogP) is 3.34. The van der Waals surface area contributed by atoms with Crippen molar-refractivity contribution in [1.82, 2.24) is 9.55 Å². The van der Waals surface area contributed by atoms with E-state index in [2.05, 4.69) is 4.98 Å². The molecule has 2 rings (SSSR count). The highest BCUT2D eigenvalue weighted by atomic mass is 35.5. The van der Waals surface area contributed by atoms with Gasteiger partial charge in [0.05, 0.1) is 25.0 Å². The van der Waals surface area contributed by atoms with Crippen molar-refractivity contribution in [3.8, 4) is 0 Å². The van der Waals surface area contributed by atoms with Crippen LogP contribution in [0.5, 0.6) is 0 Å². The van der Waals surface area contributed by atoms with Gasteiger partial charge in [-0.25, -0.2) is 4.98 Å². The molecule has 0 radical (unpaired) electrons. The summed E-state index contributed by atoms with van der Waals surface area (Å²) in [7, 11) is 0. The molecule has 1 heterocycles. The van der Waals surface area contributed by atoms with E-state index in [9.17, 15) is 4.79 Å². The van der Waals surface area contributed by atoms with E-state index in [1.807, 2.05) is 16.8 Å². The number of halogens is 2. The van der Waals surface area contributed by atoms with Gasteiger partial charge in [-0.3, -0.25) is 4.79 Å². The van der Waals surface area contributed by atoms with Crippen LogP contribution in [-0.2, 0) is 22.5 Å². The van der Waals surface area contributed by atoms with E-state index in [4.69, 9.17) is 27.9 Å². The van der Waals surface area contributed by atoms with Gasteiger partial charge in [0.15, 0.2) is 0 Å². The number of hydrogen-bond acceptors (Lipinski definition) is 3. The third-order valence-electron chi connectivity index (χ3n) is 2.69. The smallest absolute Gasteiger partial charge is 0.311 e. The second-order valence-corrected chi connectivity index (χ2v) is 5.10. The van der Waals surface area contributed by atoms with Gasteiger partial charge in [-0.1, -0.05) is 29.3 Å². The summed E-state index contributed by atoms with van der Waals surface area (Å²) in [5, 5.41) is 1.21. The van der Waals surface area contributed by atoms with Gasteiger partial charge in [0, 0.05) is 22.8 Å². The molecule has 0 atom stereocenters. The third kappa shape index (κ3) is 3.99. The fraction of sp³-hybridized carbons (Fsp3) is 0.286. The maximum atomic E-state index is 11.4. The maximum Gasteiger partial charge on any atom is 0.311 e. The minimum atomic E-state index is -0.276. The molecular formula is C14H14Cl2N2O2. The van der Waals surface area contributed by atoms with Crippen LogP contribution in [0.25, 0.3) is 0 Å². The number of imidazole rings is 1. The highest BCUT2D eigenvalue weighted by Crippen LogP contribution is 2.21. The van der Waals surface area contributed by atoms with E-state index in [0.717, 1.165) is 5.56 Å². The summed E-state index contributed by atoms with van der Waals surface area (Å²) in [5.74, 6) is -0.276. The molecule has 0 bridgehead atoms. The summed E-state index contributed by atoms with van der Waals surface area (Å²) in [5.41, 5.74) is 1.62. The van der Waals surface area contributed by atoms with Crippen LogP contribution in [0.4, 0.5) is 0 Å². The van der Waals surface area contributed by atoms with Crippen molar-refractivity contribution in [2.24, 2.45) is 0 Å². The minimum absolute atomic E-state index is 0.176. The first-order chi connectivity index (χ1) is 9.58. The quantitative estimate of drug-likeness (QED) is 0.795. The van der Waals surface area contributed by atoms with Gasteiger partial charge in [0.25, 0.3) is 0 Å². The lowest BCUT2D eigenvalue weighted by Gasteiger charge is -2.05. The summed E-state index contributed by atoms with van der Waals surface area (Å²) in [6, 6.07) is 5.36. The lowest BCUT2D eigenvalue weighted by atomic mass is 10.2. The molecule has 0 spiro atoms. The van der Waals surface area contributed by atoms with Crippen LogP contribution in [-0.4, -0.2) is 22.1 Å². The van der Waals surface area contributed by atoms with E-state index < -0.39 is 0 Å². The van der Waals surface area contributed by atoms with Gasteiger partial charge in [-0.05, 0) is 24.6 Å². The van der Waals surface area contributed by atoms with E-state index in [-0.39, 0.29) is 12.4 Å². The standard InChI is InChI=1S/C14H14Cl2N2O2/c1-2-20-14(19)6-12-8-18(9-17-12)7-10-3-4-11(15)5-13(10)16/h3-5,8-9H,2,6-7H2,1H3. The number of carbonyl (C=O) groups excluding carboxylic acids is 1. The third-order valence-corrected chi connectivity index (χ3v) is 3.27. The molecule has 0 aliphatic heterocycles. The first kappa shape index (κ1) is 14.9. The molecule has 0 aliphatic rings. The Bertz CT molecular complexity index is 611. The molecule has 20 heavy (non-hydrogen) atoms. The monoisotopic (exact) mass is 312 g/mol. The van der Waals surface area contributed by atoms with Gasteiger partial charge in [0.1, 0.15) is 0 Å². The average molecular weight is 313 g/mol. The highest BCUT2D eigenvalue weighted by Gasteiger charge is 2.08. The van der Waals surface area contributed by atoms with Gasteiger partial charge in [-0.15, -0.1) is 0 Å². The number of esters is 1. The minimum Gasteiger partial charge on any atom is -0.466 e. The Balaban J connectivity index is 2.04. The Morgan fingerprint density at radius 1 is 1.40 bits per heavy atom. The molecular weight excluding hydrogens is 299 g/mol. The number of rotatable bonds is 5. The molecule has 0 unspecified atom stereocenters. The molecule has 4 nitrogen and oxygen atoms in total. The van der Waals surface area contributed by atoms with Crippen LogP contribution in [0.2, 0.25) is 10.0 Å². The van der Waals surface area contributed by atoms with Crippen molar-refractivity contribution in [3.05, 3.63) is 52.0 Å². The van der Waals surface area contributed by atoms with E-state index >= 15 is 0 Å². The summed E-state index contributed by atoms with van der Waals surface area (Å²) in [6.45, 7) is 2.73.